The molecule has 2 aromatic rings. The Balaban J connectivity index is 1.57. The minimum atomic E-state index is -0.0248. The van der Waals surface area contributed by atoms with Crippen molar-refractivity contribution in [1.29, 1.82) is 0 Å². The van der Waals surface area contributed by atoms with Crippen LogP contribution in [0.3, 0.4) is 0 Å². The van der Waals surface area contributed by atoms with Crippen LogP contribution in [0.4, 0.5) is 0 Å². The minimum absolute atomic E-state index is 0.0248. The predicted octanol–water partition coefficient (Wildman–Crippen LogP) is 2.85. The molecule has 5 nitrogen and oxygen atoms in total. The van der Waals surface area contributed by atoms with Gasteiger partial charge in [-0.15, -0.1) is 0 Å². The molecule has 5 heteroatoms. The van der Waals surface area contributed by atoms with E-state index >= 15 is 0 Å². The van der Waals surface area contributed by atoms with Crippen molar-refractivity contribution in [3.8, 4) is 0 Å². The third kappa shape index (κ3) is 4.23. The zero-order chi connectivity index (χ0) is 16.9. The highest BCUT2D eigenvalue weighted by atomic mass is 16.5. The van der Waals surface area contributed by atoms with Crippen molar-refractivity contribution in [3.05, 3.63) is 52.8 Å². The number of rotatable bonds is 6. The average Bonchev–Trinajstić information content (AvgIpc) is 3.18. The summed E-state index contributed by atoms with van der Waals surface area (Å²) in [5.41, 5.74) is 3.91. The van der Waals surface area contributed by atoms with Gasteiger partial charge in [0, 0.05) is 24.4 Å². The van der Waals surface area contributed by atoms with Crippen molar-refractivity contribution in [2.45, 2.75) is 45.8 Å². The first-order valence-corrected chi connectivity index (χ1v) is 8.61. The van der Waals surface area contributed by atoms with E-state index in [1.807, 2.05) is 42.8 Å². The predicted molar refractivity (Wildman–Crippen MR) is 93.2 cm³/mol. The lowest BCUT2D eigenvalue weighted by atomic mass is 10.1. The summed E-state index contributed by atoms with van der Waals surface area (Å²) in [5, 5.41) is 7.47. The van der Waals surface area contributed by atoms with Crippen LogP contribution < -0.4 is 5.32 Å². The topological polar surface area (TPSA) is 56.2 Å². The van der Waals surface area contributed by atoms with Crippen molar-refractivity contribution in [2.75, 3.05) is 13.2 Å². The molecule has 1 fully saturated rings. The average molecular weight is 327 g/mol. The van der Waals surface area contributed by atoms with E-state index in [0.717, 1.165) is 42.8 Å². The Morgan fingerprint density at radius 3 is 2.96 bits per heavy atom. The minimum Gasteiger partial charge on any atom is -0.378 e. The fraction of sp³-hybridized carbons (Fsp3) is 0.474. The van der Waals surface area contributed by atoms with Crippen LogP contribution in [0, 0.1) is 13.8 Å². The summed E-state index contributed by atoms with van der Waals surface area (Å²) in [4.78, 5) is 12.3. The van der Waals surface area contributed by atoms with Gasteiger partial charge in [-0.1, -0.05) is 12.1 Å². The highest BCUT2D eigenvalue weighted by molar-refractivity contribution is 5.94. The molecule has 1 N–H and O–H groups in total. The SMILES string of the molecule is Cc1cc(C)n(Cc2cccc(C(=O)NCCC3CCCO3)c2)n1. The van der Waals surface area contributed by atoms with Gasteiger partial charge in [-0.3, -0.25) is 9.48 Å². The molecule has 0 spiro atoms. The number of nitrogens with one attached hydrogen (secondary N) is 1. The zero-order valence-electron chi connectivity index (χ0n) is 14.4. The quantitative estimate of drug-likeness (QED) is 0.887. The summed E-state index contributed by atoms with van der Waals surface area (Å²) in [5.74, 6) is -0.0248. The Hall–Kier alpha value is -2.14. The van der Waals surface area contributed by atoms with Crippen molar-refractivity contribution < 1.29 is 9.53 Å². The normalized spacial score (nSPS) is 17.2. The molecule has 0 radical (unpaired) electrons. The van der Waals surface area contributed by atoms with E-state index in [2.05, 4.69) is 16.5 Å². The molecule has 1 amide bonds. The molecule has 0 saturated carbocycles. The van der Waals surface area contributed by atoms with Gasteiger partial charge in [-0.2, -0.15) is 5.10 Å². The molecule has 0 aliphatic carbocycles. The Morgan fingerprint density at radius 2 is 2.25 bits per heavy atom. The maximum Gasteiger partial charge on any atom is 0.251 e. The summed E-state index contributed by atoms with van der Waals surface area (Å²) in [6.45, 7) is 6.22. The molecular weight excluding hydrogens is 302 g/mol. The number of ether oxygens (including phenoxy) is 1. The maximum absolute atomic E-state index is 12.3. The van der Waals surface area contributed by atoms with Gasteiger partial charge in [0.25, 0.3) is 5.91 Å². The highest BCUT2D eigenvalue weighted by Crippen LogP contribution is 2.14. The summed E-state index contributed by atoms with van der Waals surface area (Å²) in [6.07, 6.45) is 3.43. The fourth-order valence-corrected chi connectivity index (χ4v) is 3.14. The van der Waals surface area contributed by atoms with E-state index in [1.54, 1.807) is 0 Å². The summed E-state index contributed by atoms with van der Waals surface area (Å²) >= 11 is 0. The molecule has 2 heterocycles. The Labute approximate surface area is 143 Å². The van der Waals surface area contributed by atoms with Gasteiger partial charge in [0.15, 0.2) is 0 Å². The summed E-state index contributed by atoms with van der Waals surface area (Å²) in [7, 11) is 0. The second-order valence-corrected chi connectivity index (χ2v) is 6.46. The van der Waals surface area contributed by atoms with E-state index < -0.39 is 0 Å². The Bertz CT molecular complexity index is 702. The standard InChI is InChI=1S/C19H25N3O2/c1-14-11-15(2)22(21-14)13-16-5-3-6-17(12-16)19(23)20-9-8-18-7-4-10-24-18/h3,5-6,11-12,18H,4,7-10,13H2,1-2H3,(H,20,23). The van der Waals surface area contributed by atoms with E-state index in [1.165, 1.54) is 0 Å². The Morgan fingerprint density at radius 1 is 1.38 bits per heavy atom. The molecule has 1 aliphatic rings. The molecule has 1 saturated heterocycles. The monoisotopic (exact) mass is 327 g/mol. The first kappa shape index (κ1) is 16.7. The fourth-order valence-electron chi connectivity index (χ4n) is 3.14. The summed E-state index contributed by atoms with van der Waals surface area (Å²) in [6, 6.07) is 9.81. The van der Waals surface area contributed by atoms with Crippen LogP contribution in [0.25, 0.3) is 0 Å². The lowest BCUT2D eigenvalue weighted by Crippen LogP contribution is -2.27. The van der Waals surface area contributed by atoms with Gasteiger partial charge >= 0.3 is 0 Å². The Kier molecular flexibility index (Phi) is 5.30. The van der Waals surface area contributed by atoms with Crippen LogP contribution in [0.1, 0.15) is 46.6 Å². The number of aromatic nitrogens is 2. The second-order valence-electron chi connectivity index (χ2n) is 6.46. The molecule has 1 atom stereocenters. The lowest BCUT2D eigenvalue weighted by Gasteiger charge is -2.11. The largest absolute Gasteiger partial charge is 0.378 e. The van der Waals surface area contributed by atoms with Crippen LogP contribution in [-0.4, -0.2) is 34.9 Å². The van der Waals surface area contributed by atoms with E-state index in [-0.39, 0.29) is 5.91 Å². The maximum atomic E-state index is 12.3. The van der Waals surface area contributed by atoms with Crippen LogP contribution in [0.2, 0.25) is 0 Å². The van der Waals surface area contributed by atoms with Gasteiger partial charge in [0.05, 0.1) is 18.3 Å². The highest BCUT2D eigenvalue weighted by Gasteiger charge is 2.15. The smallest absolute Gasteiger partial charge is 0.251 e. The van der Waals surface area contributed by atoms with E-state index in [4.69, 9.17) is 4.74 Å². The number of amides is 1. The van der Waals surface area contributed by atoms with Crippen LogP contribution in [0.15, 0.2) is 30.3 Å². The van der Waals surface area contributed by atoms with Gasteiger partial charge < -0.3 is 10.1 Å². The molecule has 1 aromatic carbocycles. The molecule has 128 valence electrons. The molecule has 24 heavy (non-hydrogen) atoms. The number of aryl methyl sites for hydroxylation is 2. The lowest BCUT2D eigenvalue weighted by molar-refractivity contribution is 0.0907. The van der Waals surface area contributed by atoms with Crippen LogP contribution >= 0.6 is 0 Å². The molecule has 1 unspecified atom stereocenters. The van der Waals surface area contributed by atoms with Crippen molar-refractivity contribution in [3.63, 3.8) is 0 Å². The van der Waals surface area contributed by atoms with Crippen LogP contribution in [-0.2, 0) is 11.3 Å². The third-order valence-electron chi connectivity index (χ3n) is 4.40. The van der Waals surface area contributed by atoms with Gasteiger partial charge in [0.2, 0.25) is 0 Å². The number of carbonyl (C=O) groups is 1. The number of carbonyl (C=O) groups excluding carboxylic acids is 1. The van der Waals surface area contributed by atoms with Gasteiger partial charge in [-0.25, -0.2) is 0 Å². The number of hydrogen-bond acceptors (Lipinski definition) is 3. The van der Waals surface area contributed by atoms with Crippen LogP contribution in [0.5, 0.6) is 0 Å². The van der Waals surface area contributed by atoms with E-state index in [0.29, 0.717) is 24.8 Å². The molecule has 0 bridgehead atoms. The van der Waals surface area contributed by atoms with Gasteiger partial charge in [0.1, 0.15) is 0 Å². The number of hydrogen-bond donors (Lipinski definition) is 1. The third-order valence-corrected chi connectivity index (χ3v) is 4.40. The molecule has 3 rings (SSSR count). The van der Waals surface area contributed by atoms with Crippen molar-refractivity contribution in [1.82, 2.24) is 15.1 Å². The van der Waals surface area contributed by atoms with Crippen molar-refractivity contribution >= 4 is 5.91 Å². The second kappa shape index (κ2) is 7.62. The number of nitrogens with zero attached hydrogens (tertiary/aromatic N) is 2. The first-order valence-electron chi connectivity index (χ1n) is 8.61. The van der Waals surface area contributed by atoms with Crippen molar-refractivity contribution in [2.24, 2.45) is 0 Å². The van der Waals surface area contributed by atoms with E-state index in [9.17, 15) is 4.79 Å². The number of benzene rings is 1. The van der Waals surface area contributed by atoms with Gasteiger partial charge in [-0.05, 0) is 56.9 Å². The molecule has 1 aromatic heterocycles. The first-order chi connectivity index (χ1) is 11.6. The molecular formula is C19H25N3O2. The summed E-state index contributed by atoms with van der Waals surface area (Å²) < 4.78 is 7.54. The zero-order valence-corrected chi connectivity index (χ0v) is 14.4. The molecule has 1 aliphatic heterocycles.